The van der Waals surface area contributed by atoms with Crippen molar-refractivity contribution in [1.29, 1.82) is 0 Å². The molecule has 3 aliphatic rings. The van der Waals surface area contributed by atoms with Gasteiger partial charge in [0, 0.05) is 10.8 Å². The SMILES string of the molecule is FC1=C(F)C(N(c2c(F)c(F)c(C(F)(F)F)c(F)c2F)C2NC(C3=CSC(N(c4c(F)c(F)c(C(F)(F)F)c(F)c4F)c4c(F)c(F)c(C(F)(F)F)c(F)c4F)N3)=CS2)C(F)C(F)=C1C(F)(F)F. The molecule has 68 heavy (non-hydrogen) atoms. The van der Waals surface area contributed by atoms with E-state index in [2.05, 4.69) is 0 Å². The molecule has 3 aromatic carbocycles. The van der Waals surface area contributed by atoms with Gasteiger partial charge in [-0.2, -0.15) is 52.7 Å². The van der Waals surface area contributed by atoms with Crippen molar-refractivity contribution in [3.8, 4) is 0 Å². The smallest absolute Gasteiger partial charge is 0.354 e. The topological polar surface area (TPSA) is 30.5 Å². The molecule has 34 heteroatoms. The largest absolute Gasteiger partial charge is 0.422 e. The van der Waals surface area contributed by atoms with Crippen LogP contribution in [-0.2, 0) is 18.5 Å². The van der Waals surface area contributed by atoms with Gasteiger partial charge in [-0.25, -0.2) is 70.2 Å². The van der Waals surface area contributed by atoms with Gasteiger partial charge in [-0.15, -0.1) is 0 Å². The van der Waals surface area contributed by atoms with Crippen LogP contribution in [0.3, 0.4) is 0 Å². The average Bonchev–Trinajstić information content (AvgIpc) is 3.89. The van der Waals surface area contributed by atoms with Gasteiger partial charge in [0.15, 0.2) is 104 Å². The highest BCUT2D eigenvalue weighted by Gasteiger charge is 2.55. The number of alkyl halides is 13. The van der Waals surface area contributed by atoms with Gasteiger partial charge in [-0.1, -0.05) is 23.5 Å². The number of rotatable bonds is 7. The highest BCUT2D eigenvalue weighted by Crippen LogP contribution is 2.52. The summed E-state index contributed by atoms with van der Waals surface area (Å²) in [5, 5.41) is 4.35. The molecule has 2 aliphatic heterocycles. The summed E-state index contributed by atoms with van der Waals surface area (Å²) in [5.74, 6) is -50.8. The lowest BCUT2D eigenvalue weighted by Crippen LogP contribution is -2.54. The fourth-order valence-corrected chi connectivity index (χ4v) is 8.51. The standard InChI is InChI=1S/C34H8F28N4S2/c35-9-5(31(51,52)53)10(36)18(44)25(17(9)43)65(26-19(45)11(37)6(32(54,55)56)12(38)20(26)46)29-63-3(1-67-29)4-2-68-30(64-4)66(27-21(47)13(39)7(33(57,58)59)14(40)22(27)48)28-23(49)15(41)8(34(60,61)62)16(42)24(28)50/h1-2,17,25,29-30,63-64H. The molecular weight excluding hydrogens is 1060 g/mol. The Morgan fingerprint density at radius 1 is 0.397 bits per heavy atom. The Morgan fingerprint density at radius 2 is 0.706 bits per heavy atom. The summed E-state index contributed by atoms with van der Waals surface area (Å²) in [6.45, 7) is 0. The summed E-state index contributed by atoms with van der Waals surface area (Å²) < 4.78 is 404. The maximum Gasteiger partial charge on any atom is 0.422 e. The molecule has 4 atom stereocenters. The summed E-state index contributed by atoms with van der Waals surface area (Å²) in [6.07, 6.45) is -29.8. The van der Waals surface area contributed by atoms with Crippen LogP contribution >= 0.6 is 23.5 Å². The van der Waals surface area contributed by atoms with Crippen molar-refractivity contribution >= 4 is 40.6 Å². The Balaban J connectivity index is 1.49. The fraction of sp³-hybridized carbons (Fsp3) is 0.235. The lowest BCUT2D eigenvalue weighted by Gasteiger charge is -2.40. The first-order valence-corrected chi connectivity index (χ1v) is 18.7. The number of hydrogen-bond acceptors (Lipinski definition) is 6. The van der Waals surface area contributed by atoms with E-state index in [9.17, 15) is 87.8 Å². The fourth-order valence-electron chi connectivity index (χ4n) is 6.50. The Kier molecular flexibility index (Phi) is 13.1. The van der Waals surface area contributed by atoms with Gasteiger partial charge in [0.05, 0.1) is 11.4 Å². The number of nitrogens with one attached hydrogen (secondary N) is 2. The summed E-state index contributed by atoms with van der Waals surface area (Å²) in [5.41, 5.74) is -29.8. The van der Waals surface area contributed by atoms with Gasteiger partial charge in [0.25, 0.3) is 0 Å². The molecule has 6 rings (SSSR count). The second kappa shape index (κ2) is 17.2. The Labute approximate surface area is 363 Å². The predicted octanol–water partition coefficient (Wildman–Crippen LogP) is 13.6. The van der Waals surface area contributed by atoms with E-state index in [1.165, 1.54) is 0 Å². The molecule has 0 saturated heterocycles. The maximum atomic E-state index is 15.6. The van der Waals surface area contributed by atoms with Gasteiger partial charge in [-0.05, 0) is 0 Å². The van der Waals surface area contributed by atoms with E-state index < -0.39 is 196 Å². The molecular formula is C34H8F28N4S2. The molecule has 2 N–H and O–H groups in total. The molecule has 0 saturated carbocycles. The van der Waals surface area contributed by atoms with Crippen LogP contribution in [0.5, 0.6) is 0 Å². The monoisotopic (exact) mass is 1070 g/mol. The van der Waals surface area contributed by atoms with Gasteiger partial charge < -0.3 is 20.4 Å². The Bertz CT molecular complexity index is 2580. The highest BCUT2D eigenvalue weighted by atomic mass is 32.2. The molecule has 4 unspecified atom stereocenters. The van der Waals surface area contributed by atoms with E-state index in [1.807, 2.05) is 5.32 Å². The number of anilines is 3. The lowest BCUT2D eigenvalue weighted by atomic mass is 9.95. The third-order valence-electron chi connectivity index (χ3n) is 9.31. The molecule has 3 aromatic rings. The first-order chi connectivity index (χ1) is 31.0. The molecule has 0 fully saturated rings. The van der Waals surface area contributed by atoms with Crippen LogP contribution in [0.4, 0.5) is 140 Å². The quantitative estimate of drug-likeness (QED) is 0.181. The second-order valence-electron chi connectivity index (χ2n) is 13.3. The maximum absolute atomic E-state index is 15.6. The van der Waals surface area contributed by atoms with Crippen molar-refractivity contribution in [3.05, 3.63) is 132 Å². The Hall–Kier alpha value is -5.44. The summed E-state index contributed by atoms with van der Waals surface area (Å²) in [7, 11) is 0. The third-order valence-corrected chi connectivity index (χ3v) is 11.2. The first-order valence-electron chi connectivity index (χ1n) is 16.8. The second-order valence-corrected chi connectivity index (χ2v) is 15.2. The summed E-state index contributed by atoms with van der Waals surface area (Å²) in [4.78, 5) is -2.00. The minimum absolute atomic E-state index is 0.328. The van der Waals surface area contributed by atoms with Crippen molar-refractivity contribution in [2.24, 2.45) is 0 Å². The number of halogens is 28. The van der Waals surface area contributed by atoms with Crippen molar-refractivity contribution < 1.29 is 123 Å². The first kappa shape index (κ1) is 51.9. The molecule has 0 radical (unpaired) electrons. The lowest BCUT2D eigenvalue weighted by molar-refractivity contribution is -0.144. The number of hydrogen-bond donors (Lipinski definition) is 2. The number of benzene rings is 3. The van der Waals surface area contributed by atoms with Crippen molar-refractivity contribution in [1.82, 2.24) is 10.6 Å². The minimum Gasteiger partial charge on any atom is -0.354 e. The normalized spacial score (nSPS) is 20.5. The van der Waals surface area contributed by atoms with Crippen molar-refractivity contribution in [2.45, 2.75) is 47.9 Å². The zero-order chi connectivity index (χ0) is 51.6. The molecule has 372 valence electrons. The predicted molar refractivity (Wildman–Crippen MR) is 176 cm³/mol. The van der Waals surface area contributed by atoms with Crippen LogP contribution in [0.2, 0.25) is 0 Å². The number of thioether (sulfide) groups is 2. The van der Waals surface area contributed by atoms with Gasteiger partial charge >= 0.3 is 24.7 Å². The zero-order valence-corrected chi connectivity index (χ0v) is 32.4. The van der Waals surface area contributed by atoms with Crippen LogP contribution in [0, 0.1) is 69.8 Å². The van der Waals surface area contributed by atoms with Crippen LogP contribution in [0.1, 0.15) is 16.7 Å². The van der Waals surface area contributed by atoms with E-state index in [4.69, 9.17) is 0 Å². The van der Waals surface area contributed by atoms with E-state index >= 15 is 35.1 Å². The van der Waals surface area contributed by atoms with E-state index in [1.54, 1.807) is 5.32 Å². The van der Waals surface area contributed by atoms with Crippen LogP contribution in [0.15, 0.2) is 45.3 Å². The number of allylic oxidation sites excluding steroid dienone is 2. The van der Waals surface area contributed by atoms with E-state index in [0.717, 1.165) is 0 Å². The summed E-state index contributed by atoms with van der Waals surface area (Å²) >= 11 is -0.682. The van der Waals surface area contributed by atoms with Gasteiger partial charge in [0.2, 0.25) is 0 Å². The van der Waals surface area contributed by atoms with Crippen LogP contribution in [-0.4, -0.2) is 29.4 Å². The third kappa shape index (κ3) is 8.33. The van der Waals surface area contributed by atoms with E-state index in [-0.39, 0.29) is 23.5 Å². The van der Waals surface area contributed by atoms with Crippen molar-refractivity contribution in [3.63, 3.8) is 0 Å². The highest BCUT2D eigenvalue weighted by molar-refractivity contribution is 8.03. The molecule has 0 aromatic heterocycles. The molecule has 4 nitrogen and oxygen atoms in total. The van der Waals surface area contributed by atoms with Crippen molar-refractivity contribution in [2.75, 3.05) is 9.80 Å². The number of nitrogens with zero attached hydrogens (tertiary/aromatic N) is 2. The van der Waals surface area contributed by atoms with Crippen LogP contribution < -0.4 is 20.4 Å². The summed E-state index contributed by atoms with van der Waals surface area (Å²) in [6, 6.07) is -3.97. The van der Waals surface area contributed by atoms with Crippen LogP contribution in [0.25, 0.3) is 0 Å². The average molecular weight is 1070 g/mol. The molecule has 2 heterocycles. The van der Waals surface area contributed by atoms with E-state index in [0.29, 0.717) is 10.8 Å². The molecule has 0 spiro atoms. The van der Waals surface area contributed by atoms with Gasteiger partial charge in [0.1, 0.15) is 45.4 Å². The minimum atomic E-state index is -6.36. The molecule has 0 amide bonds. The van der Waals surface area contributed by atoms with Gasteiger partial charge in [-0.3, -0.25) is 0 Å². The molecule has 1 aliphatic carbocycles. The Morgan fingerprint density at radius 3 is 1.03 bits per heavy atom. The zero-order valence-electron chi connectivity index (χ0n) is 30.8. The molecule has 0 bridgehead atoms.